The number of piperazine rings is 1. The molecule has 0 aliphatic carbocycles. The first-order chi connectivity index (χ1) is 14.1. The lowest BCUT2D eigenvalue weighted by atomic mass is 10.2. The first-order valence-electron chi connectivity index (χ1n) is 10.1. The Labute approximate surface area is 195 Å². The molecule has 0 radical (unpaired) electrons. The number of hydrogen-bond acceptors (Lipinski definition) is 4. The minimum Gasteiger partial charge on any atom is -0.494 e. The number of anilines is 1. The largest absolute Gasteiger partial charge is 0.494 e. The first kappa shape index (κ1) is 24.0. The summed E-state index contributed by atoms with van der Waals surface area (Å²) >= 11 is 0. The summed E-state index contributed by atoms with van der Waals surface area (Å²) in [5.74, 6) is 1.65. The number of ether oxygens (including phenoxy) is 1. The maximum absolute atomic E-state index is 12.6. The zero-order valence-electron chi connectivity index (χ0n) is 17.9. The summed E-state index contributed by atoms with van der Waals surface area (Å²) in [5.41, 5.74) is 1.94. The molecule has 2 aromatic rings. The fraction of sp³-hybridized carbons (Fsp3) is 0.476. The molecule has 8 nitrogen and oxygen atoms in total. The molecule has 3 rings (SSSR count). The fourth-order valence-corrected chi connectivity index (χ4v) is 3.27. The number of nitrogens with zero attached hydrogens (tertiary/aromatic N) is 5. The molecule has 0 saturated carbocycles. The average Bonchev–Trinajstić information content (AvgIpc) is 3.15. The summed E-state index contributed by atoms with van der Waals surface area (Å²) in [6.07, 6.45) is 5.74. The van der Waals surface area contributed by atoms with E-state index in [1.54, 1.807) is 22.8 Å². The summed E-state index contributed by atoms with van der Waals surface area (Å²) in [4.78, 5) is 20.7. The predicted octanol–water partition coefficient (Wildman–Crippen LogP) is 2.64. The van der Waals surface area contributed by atoms with Gasteiger partial charge in [-0.3, -0.25) is 14.5 Å². The number of carbonyl (C=O) groups excluding carboxylic acids is 1. The van der Waals surface area contributed by atoms with Crippen LogP contribution in [0.25, 0.3) is 0 Å². The van der Waals surface area contributed by atoms with Crippen molar-refractivity contribution in [2.24, 2.45) is 12.0 Å². The summed E-state index contributed by atoms with van der Waals surface area (Å²) in [5, 5.41) is 7.52. The van der Waals surface area contributed by atoms with Crippen LogP contribution >= 0.6 is 24.0 Å². The second-order valence-corrected chi connectivity index (χ2v) is 7.09. The number of carbonyl (C=O) groups is 1. The quantitative estimate of drug-likeness (QED) is 0.260. The molecule has 1 aromatic heterocycles. The van der Waals surface area contributed by atoms with Gasteiger partial charge in [0.1, 0.15) is 12.3 Å². The van der Waals surface area contributed by atoms with Gasteiger partial charge in [0.05, 0.1) is 18.5 Å². The lowest BCUT2D eigenvalue weighted by Gasteiger charge is -2.35. The molecule has 1 fully saturated rings. The number of hydrogen-bond donors (Lipinski definition) is 1. The van der Waals surface area contributed by atoms with E-state index in [0.717, 1.165) is 42.4 Å². The Morgan fingerprint density at radius 1 is 1.33 bits per heavy atom. The second kappa shape index (κ2) is 11.8. The molecular formula is C21H31IN6O2. The Balaban J connectivity index is 0.00000320. The summed E-state index contributed by atoms with van der Waals surface area (Å²) in [7, 11) is 3.59. The monoisotopic (exact) mass is 526 g/mol. The van der Waals surface area contributed by atoms with E-state index < -0.39 is 0 Å². The van der Waals surface area contributed by atoms with E-state index in [0.29, 0.717) is 19.6 Å². The van der Waals surface area contributed by atoms with E-state index in [1.165, 1.54) is 0 Å². The normalized spacial score (nSPS) is 14.5. The molecule has 164 valence electrons. The fourth-order valence-electron chi connectivity index (χ4n) is 3.27. The van der Waals surface area contributed by atoms with Crippen LogP contribution in [0.2, 0.25) is 0 Å². The molecule has 1 amide bonds. The molecule has 0 atom stereocenters. The van der Waals surface area contributed by atoms with E-state index in [-0.39, 0.29) is 36.4 Å². The van der Waals surface area contributed by atoms with Crippen molar-refractivity contribution in [3.8, 4) is 5.75 Å². The number of benzene rings is 1. The van der Waals surface area contributed by atoms with Gasteiger partial charge in [-0.05, 0) is 24.1 Å². The number of aromatic nitrogens is 2. The summed E-state index contributed by atoms with van der Waals surface area (Å²) in [6, 6.07) is 8.07. The van der Waals surface area contributed by atoms with E-state index in [4.69, 9.17) is 4.74 Å². The first-order valence-corrected chi connectivity index (χ1v) is 10.1. The maximum atomic E-state index is 12.6. The molecular weight excluding hydrogens is 495 g/mol. The number of guanidine groups is 1. The Hall–Kier alpha value is -2.30. The number of nitrogens with one attached hydrogen (secondary N) is 1. The van der Waals surface area contributed by atoms with Crippen LogP contribution in [0.3, 0.4) is 0 Å². The number of unbranched alkanes of at least 4 members (excludes halogenated alkanes) is 1. The number of rotatable bonds is 7. The van der Waals surface area contributed by atoms with Crippen molar-refractivity contribution in [3.05, 3.63) is 42.2 Å². The van der Waals surface area contributed by atoms with Gasteiger partial charge in [-0.25, -0.2) is 0 Å². The SMILES string of the molecule is CCCCOc1cccc(CNC(=NC)N2CCN(c3cnn(C)c3)C(=O)C2)c1.I. The van der Waals surface area contributed by atoms with Crippen molar-refractivity contribution < 1.29 is 9.53 Å². The Morgan fingerprint density at radius 2 is 2.17 bits per heavy atom. The number of amides is 1. The third-order valence-corrected chi connectivity index (χ3v) is 4.85. The molecule has 9 heteroatoms. The molecule has 0 bridgehead atoms. The van der Waals surface area contributed by atoms with Crippen molar-refractivity contribution in [1.82, 2.24) is 20.0 Å². The van der Waals surface area contributed by atoms with Gasteiger partial charge in [0.25, 0.3) is 0 Å². The van der Waals surface area contributed by atoms with E-state index in [2.05, 4.69) is 28.4 Å². The van der Waals surface area contributed by atoms with Crippen molar-refractivity contribution in [3.63, 3.8) is 0 Å². The van der Waals surface area contributed by atoms with E-state index in [1.807, 2.05) is 36.3 Å². The molecule has 1 saturated heterocycles. The standard InChI is InChI=1S/C21H30N6O2.HI/c1-4-5-11-29-19-8-6-7-17(12-19)13-23-21(22-2)26-9-10-27(20(28)16-26)18-14-24-25(3)15-18;/h6-8,12,14-15H,4-5,9-11,13,16H2,1-3H3,(H,22,23);1H. The van der Waals surface area contributed by atoms with Crippen LogP contribution in [0.5, 0.6) is 5.75 Å². The van der Waals surface area contributed by atoms with Gasteiger partial charge in [-0.2, -0.15) is 5.10 Å². The van der Waals surface area contributed by atoms with Gasteiger partial charge in [0.2, 0.25) is 5.91 Å². The van der Waals surface area contributed by atoms with Crippen LogP contribution < -0.4 is 15.0 Å². The Bertz CT molecular complexity index is 854. The molecule has 1 aliphatic heterocycles. The third kappa shape index (κ3) is 6.35. The minimum atomic E-state index is 0. The highest BCUT2D eigenvalue weighted by Gasteiger charge is 2.27. The predicted molar refractivity (Wildman–Crippen MR) is 130 cm³/mol. The van der Waals surface area contributed by atoms with Crippen molar-refractivity contribution in [2.75, 3.05) is 38.2 Å². The van der Waals surface area contributed by atoms with Gasteiger partial charge >= 0.3 is 0 Å². The maximum Gasteiger partial charge on any atom is 0.246 e. The number of aryl methyl sites for hydroxylation is 1. The second-order valence-electron chi connectivity index (χ2n) is 7.09. The third-order valence-electron chi connectivity index (χ3n) is 4.85. The van der Waals surface area contributed by atoms with Crippen LogP contribution in [0.1, 0.15) is 25.3 Å². The van der Waals surface area contributed by atoms with Crippen LogP contribution in [-0.2, 0) is 18.4 Å². The smallest absolute Gasteiger partial charge is 0.246 e. The number of aliphatic imine (C=N–C) groups is 1. The van der Waals surface area contributed by atoms with Crippen molar-refractivity contribution >= 4 is 41.5 Å². The van der Waals surface area contributed by atoms with Gasteiger partial charge in [0, 0.05) is 39.9 Å². The molecule has 30 heavy (non-hydrogen) atoms. The molecule has 1 aromatic carbocycles. The highest BCUT2D eigenvalue weighted by Crippen LogP contribution is 2.17. The minimum absolute atomic E-state index is 0. The van der Waals surface area contributed by atoms with Gasteiger partial charge < -0.3 is 19.9 Å². The van der Waals surface area contributed by atoms with E-state index >= 15 is 0 Å². The lowest BCUT2D eigenvalue weighted by molar-refractivity contribution is -0.120. The highest BCUT2D eigenvalue weighted by atomic mass is 127. The summed E-state index contributed by atoms with van der Waals surface area (Å²) in [6.45, 7) is 5.10. The number of halogens is 1. The molecule has 1 aliphatic rings. The van der Waals surface area contributed by atoms with Crippen LogP contribution in [0, 0.1) is 0 Å². The topological polar surface area (TPSA) is 75.0 Å². The van der Waals surface area contributed by atoms with Crippen LogP contribution in [-0.4, -0.2) is 59.8 Å². The van der Waals surface area contributed by atoms with Crippen molar-refractivity contribution in [2.45, 2.75) is 26.3 Å². The highest BCUT2D eigenvalue weighted by molar-refractivity contribution is 14.0. The zero-order valence-corrected chi connectivity index (χ0v) is 20.2. The average molecular weight is 526 g/mol. The van der Waals surface area contributed by atoms with Crippen molar-refractivity contribution in [1.29, 1.82) is 0 Å². The lowest BCUT2D eigenvalue weighted by Crippen LogP contribution is -2.55. The Kier molecular flexibility index (Phi) is 9.41. The molecule has 1 N–H and O–H groups in total. The van der Waals surface area contributed by atoms with Gasteiger partial charge in [-0.15, -0.1) is 24.0 Å². The van der Waals surface area contributed by atoms with Gasteiger partial charge in [-0.1, -0.05) is 25.5 Å². The molecule has 2 heterocycles. The molecule has 0 spiro atoms. The van der Waals surface area contributed by atoms with E-state index in [9.17, 15) is 4.79 Å². The van der Waals surface area contributed by atoms with Gasteiger partial charge in [0.15, 0.2) is 5.96 Å². The zero-order chi connectivity index (χ0) is 20.6. The summed E-state index contributed by atoms with van der Waals surface area (Å²) < 4.78 is 7.48. The Morgan fingerprint density at radius 3 is 2.83 bits per heavy atom. The van der Waals surface area contributed by atoms with Crippen LogP contribution in [0.4, 0.5) is 5.69 Å². The molecule has 0 unspecified atom stereocenters. The van der Waals surface area contributed by atoms with Crippen LogP contribution in [0.15, 0.2) is 41.7 Å².